The maximum absolute atomic E-state index is 11.9. The van der Waals surface area contributed by atoms with Crippen LogP contribution in [-0.2, 0) is 9.53 Å². The van der Waals surface area contributed by atoms with E-state index in [-0.39, 0.29) is 17.5 Å². The Kier molecular flexibility index (Phi) is 4.23. The number of carbonyl (C=O) groups is 1. The molecule has 0 amide bonds. The average Bonchev–Trinajstić information content (AvgIpc) is 2.18. The molecule has 1 atom stereocenters. The van der Waals surface area contributed by atoms with Crippen molar-refractivity contribution < 1.29 is 9.53 Å². The Balaban J connectivity index is 2.43. The number of ether oxygens (including phenoxy) is 1. The van der Waals surface area contributed by atoms with Gasteiger partial charge in [0.15, 0.2) is 0 Å². The fraction of sp³-hybridized carbons (Fsp3) is 0.929. The minimum atomic E-state index is -0.530. The largest absolute Gasteiger partial charge is 0.461 e. The van der Waals surface area contributed by atoms with E-state index < -0.39 is 6.04 Å². The third-order valence-corrected chi connectivity index (χ3v) is 3.76. The maximum Gasteiger partial charge on any atom is 0.323 e. The minimum Gasteiger partial charge on any atom is -0.461 e. The van der Waals surface area contributed by atoms with Crippen molar-refractivity contribution in [3.63, 3.8) is 0 Å². The highest BCUT2D eigenvalue weighted by atomic mass is 16.5. The number of carbonyl (C=O) groups excluding carboxylic acids is 1. The first kappa shape index (κ1) is 14.5. The number of hydrogen-bond acceptors (Lipinski definition) is 3. The highest BCUT2D eigenvalue weighted by Crippen LogP contribution is 2.36. The van der Waals surface area contributed by atoms with Gasteiger partial charge in [0.1, 0.15) is 12.1 Å². The van der Waals surface area contributed by atoms with Crippen LogP contribution in [0.2, 0.25) is 0 Å². The van der Waals surface area contributed by atoms with E-state index in [1.165, 1.54) is 0 Å². The summed E-state index contributed by atoms with van der Waals surface area (Å²) in [7, 11) is 0. The topological polar surface area (TPSA) is 52.3 Å². The quantitative estimate of drug-likeness (QED) is 0.756. The molecule has 1 unspecified atom stereocenters. The molecule has 1 rings (SSSR count). The Bertz CT molecular complexity index is 268. The SMILES string of the molecule is CC1(C)CCC(OC(=O)C(N)C(C)(C)C)CC1. The van der Waals surface area contributed by atoms with E-state index in [1.54, 1.807) is 0 Å². The molecular weight excluding hydrogens is 214 g/mol. The second-order valence-corrected chi connectivity index (χ2v) is 7.14. The van der Waals surface area contributed by atoms with Crippen molar-refractivity contribution in [1.29, 1.82) is 0 Å². The summed E-state index contributed by atoms with van der Waals surface area (Å²) in [5.41, 5.74) is 6.06. The Labute approximate surface area is 105 Å². The monoisotopic (exact) mass is 241 g/mol. The zero-order valence-corrected chi connectivity index (χ0v) is 11.9. The van der Waals surface area contributed by atoms with Crippen molar-refractivity contribution in [3.05, 3.63) is 0 Å². The second kappa shape index (κ2) is 4.97. The second-order valence-electron chi connectivity index (χ2n) is 7.14. The Morgan fingerprint density at radius 2 is 1.76 bits per heavy atom. The van der Waals surface area contributed by atoms with E-state index in [0.29, 0.717) is 5.41 Å². The molecule has 0 heterocycles. The van der Waals surface area contributed by atoms with Crippen molar-refractivity contribution in [2.24, 2.45) is 16.6 Å². The van der Waals surface area contributed by atoms with Crippen LogP contribution in [0.5, 0.6) is 0 Å². The predicted molar refractivity (Wildman–Crippen MR) is 69.6 cm³/mol. The zero-order chi connectivity index (χ0) is 13.3. The molecule has 0 aromatic carbocycles. The van der Waals surface area contributed by atoms with E-state index in [9.17, 15) is 4.79 Å². The molecule has 3 heteroatoms. The number of esters is 1. The third kappa shape index (κ3) is 4.30. The lowest BCUT2D eigenvalue weighted by molar-refractivity contribution is -0.155. The maximum atomic E-state index is 11.9. The molecule has 2 N–H and O–H groups in total. The molecule has 0 saturated heterocycles. The minimum absolute atomic E-state index is 0.0731. The van der Waals surface area contributed by atoms with Gasteiger partial charge >= 0.3 is 5.97 Å². The normalized spacial score (nSPS) is 23.2. The number of rotatable bonds is 2. The lowest BCUT2D eigenvalue weighted by Gasteiger charge is -2.35. The zero-order valence-electron chi connectivity index (χ0n) is 11.9. The fourth-order valence-electron chi connectivity index (χ4n) is 2.08. The highest BCUT2D eigenvalue weighted by Gasteiger charge is 2.33. The summed E-state index contributed by atoms with van der Waals surface area (Å²) in [6.45, 7) is 10.4. The third-order valence-electron chi connectivity index (χ3n) is 3.76. The first-order valence-electron chi connectivity index (χ1n) is 6.58. The summed E-state index contributed by atoms with van der Waals surface area (Å²) >= 11 is 0. The smallest absolute Gasteiger partial charge is 0.323 e. The van der Waals surface area contributed by atoms with Crippen molar-refractivity contribution in [2.75, 3.05) is 0 Å². The van der Waals surface area contributed by atoms with Gasteiger partial charge in [-0.1, -0.05) is 34.6 Å². The average molecular weight is 241 g/mol. The molecule has 0 bridgehead atoms. The van der Waals surface area contributed by atoms with Gasteiger partial charge in [-0.05, 0) is 36.5 Å². The van der Waals surface area contributed by atoms with Gasteiger partial charge in [-0.25, -0.2) is 0 Å². The number of hydrogen-bond donors (Lipinski definition) is 1. The van der Waals surface area contributed by atoms with Gasteiger partial charge in [-0.2, -0.15) is 0 Å². The lowest BCUT2D eigenvalue weighted by Crippen LogP contribution is -2.45. The van der Waals surface area contributed by atoms with Gasteiger partial charge in [0, 0.05) is 0 Å². The Hall–Kier alpha value is -0.570. The van der Waals surface area contributed by atoms with Crippen LogP contribution in [0.3, 0.4) is 0 Å². The summed E-state index contributed by atoms with van der Waals surface area (Å²) in [5.74, 6) is -0.248. The van der Waals surface area contributed by atoms with Crippen molar-refractivity contribution in [3.8, 4) is 0 Å². The van der Waals surface area contributed by atoms with Gasteiger partial charge in [-0.3, -0.25) is 4.79 Å². The van der Waals surface area contributed by atoms with E-state index in [1.807, 2.05) is 20.8 Å². The van der Waals surface area contributed by atoms with Gasteiger partial charge < -0.3 is 10.5 Å². The predicted octanol–water partition coefficient (Wildman–Crippen LogP) is 2.87. The van der Waals surface area contributed by atoms with Crippen LogP contribution < -0.4 is 5.73 Å². The molecule has 0 spiro atoms. The molecule has 0 aromatic rings. The summed E-state index contributed by atoms with van der Waals surface area (Å²) in [6.07, 6.45) is 4.25. The van der Waals surface area contributed by atoms with Crippen LogP contribution in [0.1, 0.15) is 60.3 Å². The first-order chi connectivity index (χ1) is 7.62. The van der Waals surface area contributed by atoms with Crippen LogP contribution in [0.15, 0.2) is 0 Å². The van der Waals surface area contributed by atoms with Crippen LogP contribution in [0, 0.1) is 10.8 Å². The summed E-state index contributed by atoms with van der Waals surface area (Å²) in [5, 5.41) is 0. The standard InChI is InChI=1S/C14H27NO2/c1-13(2,3)11(15)12(16)17-10-6-8-14(4,5)9-7-10/h10-11H,6-9,15H2,1-5H3. The summed E-state index contributed by atoms with van der Waals surface area (Å²) < 4.78 is 5.51. The van der Waals surface area contributed by atoms with Crippen LogP contribution in [-0.4, -0.2) is 18.1 Å². The van der Waals surface area contributed by atoms with Crippen LogP contribution in [0.4, 0.5) is 0 Å². The van der Waals surface area contributed by atoms with E-state index >= 15 is 0 Å². The van der Waals surface area contributed by atoms with E-state index in [0.717, 1.165) is 25.7 Å². The molecule has 0 radical (unpaired) electrons. The molecule has 1 fully saturated rings. The molecule has 100 valence electrons. The van der Waals surface area contributed by atoms with E-state index in [4.69, 9.17) is 10.5 Å². The van der Waals surface area contributed by atoms with Crippen molar-refractivity contribution >= 4 is 5.97 Å². The van der Waals surface area contributed by atoms with Crippen LogP contribution >= 0.6 is 0 Å². The fourth-order valence-corrected chi connectivity index (χ4v) is 2.08. The molecule has 1 aliphatic rings. The molecule has 1 saturated carbocycles. The highest BCUT2D eigenvalue weighted by molar-refractivity contribution is 5.76. The first-order valence-corrected chi connectivity index (χ1v) is 6.58. The molecule has 0 aromatic heterocycles. The molecule has 3 nitrogen and oxygen atoms in total. The lowest BCUT2D eigenvalue weighted by atomic mass is 9.76. The van der Waals surface area contributed by atoms with E-state index in [2.05, 4.69) is 13.8 Å². The summed E-state index contributed by atoms with van der Waals surface area (Å²) in [4.78, 5) is 11.9. The van der Waals surface area contributed by atoms with Gasteiger partial charge in [-0.15, -0.1) is 0 Å². The van der Waals surface area contributed by atoms with Gasteiger partial charge in [0.05, 0.1) is 0 Å². The van der Waals surface area contributed by atoms with Crippen molar-refractivity contribution in [1.82, 2.24) is 0 Å². The van der Waals surface area contributed by atoms with Crippen molar-refractivity contribution in [2.45, 2.75) is 72.4 Å². The molecule has 1 aliphatic carbocycles. The Morgan fingerprint density at radius 3 is 2.18 bits per heavy atom. The molecule has 0 aliphatic heterocycles. The Morgan fingerprint density at radius 1 is 1.29 bits per heavy atom. The van der Waals surface area contributed by atoms with Gasteiger partial charge in [0.2, 0.25) is 0 Å². The van der Waals surface area contributed by atoms with Gasteiger partial charge in [0.25, 0.3) is 0 Å². The molecular formula is C14H27NO2. The molecule has 17 heavy (non-hydrogen) atoms. The van der Waals surface area contributed by atoms with Crippen LogP contribution in [0.25, 0.3) is 0 Å². The summed E-state index contributed by atoms with van der Waals surface area (Å²) in [6, 6.07) is -0.530. The number of nitrogens with two attached hydrogens (primary N) is 1.